The first-order valence-electron chi connectivity index (χ1n) is 26.9. The summed E-state index contributed by atoms with van der Waals surface area (Å²) in [5.74, 6) is 7.29. The van der Waals surface area contributed by atoms with Crippen LogP contribution in [0.5, 0.6) is 23.0 Å². The first-order chi connectivity index (χ1) is 39.4. The second-order valence-electron chi connectivity index (χ2n) is 19.4. The fourth-order valence-electron chi connectivity index (χ4n) is 9.10. The number of hydrogen-bond donors (Lipinski definition) is 2. The Balaban J connectivity index is 0.762. The molecule has 4 aromatic rings. The minimum Gasteiger partial charge on any atom is -0.493 e. The summed E-state index contributed by atoms with van der Waals surface area (Å²) in [5.41, 5.74) is 5.91. The third-order valence-corrected chi connectivity index (χ3v) is 16.1. The average molecular weight is 1140 g/mol. The van der Waals surface area contributed by atoms with Crippen LogP contribution in [0.4, 0.5) is 11.4 Å². The van der Waals surface area contributed by atoms with Gasteiger partial charge in [0.05, 0.1) is 108 Å². The number of methoxy groups -OCH3 is 2. The molecule has 0 bridgehead atoms. The number of carbonyl (C=O) groups excluding carboxylic acids is 4. The van der Waals surface area contributed by atoms with Crippen molar-refractivity contribution in [2.75, 3.05) is 93.3 Å². The zero-order chi connectivity index (χ0) is 56.9. The molecule has 4 aliphatic rings. The van der Waals surface area contributed by atoms with E-state index < -0.39 is 0 Å². The minimum atomic E-state index is -0.214. The van der Waals surface area contributed by atoms with Gasteiger partial charge in [-0.3, -0.25) is 29.2 Å². The summed E-state index contributed by atoms with van der Waals surface area (Å²) in [6.07, 6.45) is 8.05. The Bertz CT molecular complexity index is 2890. The van der Waals surface area contributed by atoms with E-state index in [0.29, 0.717) is 141 Å². The van der Waals surface area contributed by atoms with Gasteiger partial charge in [-0.2, -0.15) is 0 Å². The van der Waals surface area contributed by atoms with Crippen LogP contribution in [0.2, 0.25) is 0 Å². The number of nitrogens with zero attached hydrogens (tertiary/aromatic N) is 5. The monoisotopic (exact) mass is 1140 g/mol. The number of rotatable bonds is 30. The van der Waals surface area contributed by atoms with Gasteiger partial charge in [-0.15, -0.1) is 0 Å². The van der Waals surface area contributed by atoms with Crippen LogP contribution >= 0.6 is 21.6 Å². The largest absolute Gasteiger partial charge is 0.493 e. The molecule has 0 radical (unpaired) electrons. The fourth-order valence-corrected chi connectivity index (χ4v) is 11.2. The molecule has 2 fully saturated rings. The topological polar surface area (TPSA) is 210 Å². The molecule has 0 unspecified atom stereocenters. The van der Waals surface area contributed by atoms with Gasteiger partial charge in [0.1, 0.15) is 18.2 Å². The van der Waals surface area contributed by atoms with Crippen LogP contribution in [0.1, 0.15) is 76.4 Å². The summed E-state index contributed by atoms with van der Waals surface area (Å²) < 4.78 is 46.5. The van der Waals surface area contributed by atoms with Gasteiger partial charge in [-0.1, -0.05) is 59.9 Å². The van der Waals surface area contributed by atoms with Crippen molar-refractivity contribution in [3.8, 4) is 34.8 Å². The predicted molar refractivity (Wildman–Crippen MR) is 312 cm³/mol. The second-order valence-corrected chi connectivity index (χ2v) is 22.1. The van der Waals surface area contributed by atoms with Crippen LogP contribution in [0.25, 0.3) is 0 Å². The van der Waals surface area contributed by atoms with Gasteiger partial charge < -0.3 is 58.3 Å². The molecule has 21 heteroatoms. The summed E-state index contributed by atoms with van der Waals surface area (Å²) in [5, 5.41) is 7.00. The summed E-state index contributed by atoms with van der Waals surface area (Å²) in [7, 11) is 6.37. The van der Waals surface area contributed by atoms with Crippen molar-refractivity contribution >= 4 is 69.0 Å². The van der Waals surface area contributed by atoms with E-state index in [4.69, 9.17) is 37.9 Å². The van der Waals surface area contributed by atoms with E-state index in [-0.39, 0.29) is 68.5 Å². The smallest absolute Gasteiger partial charge is 0.257 e. The molecule has 3 aromatic carbocycles. The van der Waals surface area contributed by atoms with Gasteiger partial charge >= 0.3 is 0 Å². The van der Waals surface area contributed by atoms with Crippen molar-refractivity contribution in [1.29, 1.82) is 0 Å². The Morgan fingerprint density at radius 1 is 0.691 bits per heavy atom. The lowest BCUT2D eigenvalue weighted by Gasteiger charge is -2.20. The van der Waals surface area contributed by atoms with E-state index in [2.05, 4.69) is 57.5 Å². The molecule has 2 N–H and O–H groups in total. The fraction of sp³-hybridized carbons (Fsp3) is 0.417. The minimum absolute atomic E-state index is 0.00991. The van der Waals surface area contributed by atoms with Crippen LogP contribution in [0, 0.1) is 11.8 Å². The number of aromatic nitrogens is 1. The molecule has 8 rings (SSSR count). The van der Waals surface area contributed by atoms with Crippen LogP contribution in [0.3, 0.4) is 0 Å². The highest BCUT2D eigenvalue weighted by Crippen LogP contribution is 2.41. The number of aliphatic imine (C=N–C) groups is 2. The van der Waals surface area contributed by atoms with E-state index in [0.717, 1.165) is 33.7 Å². The summed E-state index contributed by atoms with van der Waals surface area (Å²) in [6.45, 7) is 14.8. The molecule has 19 nitrogen and oxygen atoms in total. The van der Waals surface area contributed by atoms with Crippen LogP contribution in [-0.2, 0) is 41.8 Å². The van der Waals surface area contributed by atoms with E-state index in [1.165, 1.54) is 14.2 Å². The van der Waals surface area contributed by atoms with Gasteiger partial charge in [0.2, 0.25) is 11.8 Å². The van der Waals surface area contributed by atoms with Crippen molar-refractivity contribution in [3.05, 3.63) is 119 Å². The molecule has 5 heterocycles. The molecule has 4 amide bonds. The van der Waals surface area contributed by atoms with Crippen molar-refractivity contribution in [2.24, 2.45) is 9.98 Å². The number of hydrogen-bond acceptors (Lipinski definition) is 17. The summed E-state index contributed by atoms with van der Waals surface area (Å²) >= 11 is 0. The van der Waals surface area contributed by atoms with Gasteiger partial charge in [0.15, 0.2) is 23.0 Å². The number of ether oxygens (including phenoxy) is 8. The van der Waals surface area contributed by atoms with Gasteiger partial charge in [0, 0.05) is 74.0 Å². The quantitative estimate of drug-likeness (QED) is 0.0220. The molecule has 4 aliphatic heterocycles. The molecule has 0 saturated carbocycles. The molecule has 81 heavy (non-hydrogen) atoms. The molecule has 1 aromatic heterocycles. The zero-order valence-corrected chi connectivity index (χ0v) is 47.7. The van der Waals surface area contributed by atoms with Crippen molar-refractivity contribution in [3.63, 3.8) is 0 Å². The van der Waals surface area contributed by atoms with E-state index in [9.17, 15) is 19.2 Å². The Morgan fingerprint density at radius 3 is 1.78 bits per heavy atom. The van der Waals surface area contributed by atoms with Gasteiger partial charge in [-0.05, 0) is 83.6 Å². The highest BCUT2D eigenvalue weighted by Gasteiger charge is 2.36. The number of carbonyl (C=O) groups is 4. The first kappa shape index (κ1) is 59.9. The zero-order valence-electron chi connectivity index (χ0n) is 46.0. The standard InChI is InChI=1S/C60H69N7O12S2/c1-40-25-46-34-64-50-32-54(52(72-4)30-48(50)59(70)66(46)36-40)78-38-44-27-43(28-45(29-44)39-79-55-33-51-49(31-53(55)73-5)60(71)67-37-41(2)26-47(67)35-65-51)9-8-15-61-57(69)13-17-74-19-21-76-23-24-77-22-20-75-18-16-62-56(68)12-11-42(3)80-81-58-10-6-7-14-63-58/h6-7,10,14,27-35,42,46-47H,1-2,11-13,15-26,36-39H2,3-5H3,(H,61,69)(H,62,68)/t42-,46-,47-/m0/s1. The first-order valence-corrected chi connectivity index (χ1v) is 29.1. The third kappa shape index (κ3) is 17.7. The average Bonchev–Trinajstić information content (AvgIpc) is 4.05. The molecular formula is C60H69N7O12S2. The Kier molecular flexibility index (Phi) is 22.6. The SMILES string of the molecule is C=C1C[C@H]2C=Nc3cc(OCc4cc(C#CCNC(=O)CCOCCOCCOCCOCCNC(=O)CC[C@H](C)SSc5ccccn5)cc(COc5cc6c(cc5OC)C(=O)N5CC(=C)C[C@H]5C=N6)c4)c(OC)cc3C(=O)N2C1. The van der Waals surface area contributed by atoms with Crippen molar-refractivity contribution in [1.82, 2.24) is 25.4 Å². The summed E-state index contributed by atoms with van der Waals surface area (Å²) in [6, 6.07) is 18.0. The van der Waals surface area contributed by atoms with E-state index in [1.54, 1.807) is 74.3 Å². The molecule has 0 spiro atoms. The number of amides is 4. The van der Waals surface area contributed by atoms with Crippen molar-refractivity contribution in [2.45, 2.75) is 74.6 Å². The van der Waals surface area contributed by atoms with Crippen molar-refractivity contribution < 1.29 is 57.1 Å². The highest BCUT2D eigenvalue weighted by molar-refractivity contribution is 8.76. The molecule has 0 aliphatic carbocycles. The lowest BCUT2D eigenvalue weighted by molar-refractivity contribution is -0.122. The molecular weight excluding hydrogens is 1070 g/mol. The van der Waals surface area contributed by atoms with Gasteiger partial charge in [0.25, 0.3) is 11.8 Å². The highest BCUT2D eigenvalue weighted by atomic mass is 33.1. The van der Waals surface area contributed by atoms with E-state index >= 15 is 0 Å². The molecule has 2 saturated heterocycles. The number of nitrogens with one attached hydrogen (secondary N) is 2. The van der Waals surface area contributed by atoms with E-state index in [1.807, 2.05) is 36.4 Å². The maximum atomic E-state index is 13.6. The normalized spacial score (nSPS) is 16.3. The lowest BCUT2D eigenvalue weighted by Crippen LogP contribution is -2.35. The maximum Gasteiger partial charge on any atom is 0.257 e. The maximum absolute atomic E-state index is 13.6. The number of benzene rings is 3. The van der Waals surface area contributed by atoms with Gasteiger partial charge in [-0.25, -0.2) is 4.98 Å². The van der Waals surface area contributed by atoms with Crippen LogP contribution < -0.4 is 29.6 Å². The Labute approximate surface area is 481 Å². The Morgan fingerprint density at radius 2 is 1.23 bits per heavy atom. The number of fused-ring (bicyclic) bond motifs is 4. The Hall–Kier alpha value is -7.19. The predicted octanol–water partition coefficient (Wildman–Crippen LogP) is 7.88. The number of pyridine rings is 1. The van der Waals surface area contributed by atoms with Crippen LogP contribution in [-0.4, -0.2) is 161 Å². The van der Waals surface area contributed by atoms with Crippen LogP contribution in [0.15, 0.2) is 106 Å². The molecule has 428 valence electrons. The second kappa shape index (κ2) is 30.6. The third-order valence-electron chi connectivity index (χ3n) is 13.2. The lowest BCUT2D eigenvalue weighted by atomic mass is 10.1. The summed E-state index contributed by atoms with van der Waals surface area (Å²) in [4.78, 5) is 69.3. The molecule has 3 atom stereocenters.